The molecule has 0 aromatic heterocycles. The average Bonchev–Trinajstić information content (AvgIpc) is 2.74. The number of aliphatic carboxylic acids is 1. The van der Waals surface area contributed by atoms with Crippen molar-refractivity contribution in [3.05, 3.63) is 53.6 Å². The molecule has 2 amide bonds. The minimum atomic E-state index is -0.846. The molecule has 0 saturated carbocycles. The first-order valence-electron chi connectivity index (χ1n) is 11.2. The summed E-state index contributed by atoms with van der Waals surface area (Å²) in [6, 6.07) is 13.0. The van der Waals surface area contributed by atoms with Crippen molar-refractivity contribution in [1.82, 2.24) is 0 Å². The molecular weight excluding hydrogens is 406 g/mol. The lowest BCUT2D eigenvalue weighted by Crippen LogP contribution is -2.45. The lowest BCUT2D eigenvalue weighted by Gasteiger charge is -2.37. The fraction of sp³-hybridized carbons (Fsp3) is 0.440. The summed E-state index contributed by atoms with van der Waals surface area (Å²) in [6.45, 7) is 11.5. The lowest BCUT2D eigenvalue weighted by molar-refractivity contribution is -0.136. The van der Waals surface area contributed by atoms with Crippen LogP contribution < -0.4 is 15.5 Å². The van der Waals surface area contributed by atoms with E-state index in [9.17, 15) is 9.59 Å². The second-order valence-electron chi connectivity index (χ2n) is 7.85. The molecule has 174 valence electrons. The Morgan fingerprint density at radius 3 is 2.25 bits per heavy atom. The SMILES string of the molecule is CC.Cc1ccc(NC(=O)Nc2cc(CCC(=O)O)ccc2N2CC(C)OC(C)C2)cc1. The summed E-state index contributed by atoms with van der Waals surface area (Å²) < 4.78 is 5.83. The fourth-order valence-electron chi connectivity index (χ4n) is 3.66. The number of anilines is 3. The van der Waals surface area contributed by atoms with Crippen molar-refractivity contribution in [3.63, 3.8) is 0 Å². The summed E-state index contributed by atoms with van der Waals surface area (Å²) in [5, 5.41) is 14.8. The van der Waals surface area contributed by atoms with Crippen LogP contribution in [0.1, 0.15) is 45.2 Å². The van der Waals surface area contributed by atoms with Crippen molar-refractivity contribution in [2.45, 2.75) is 59.7 Å². The van der Waals surface area contributed by atoms with E-state index >= 15 is 0 Å². The number of carboxylic acid groups (broad SMARTS) is 1. The van der Waals surface area contributed by atoms with Crippen LogP contribution in [0.3, 0.4) is 0 Å². The van der Waals surface area contributed by atoms with Crippen molar-refractivity contribution in [2.75, 3.05) is 28.6 Å². The van der Waals surface area contributed by atoms with E-state index in [0.717, 1.165) is 16.8 Å². The molecule has 32 heavy (non-hydrogen) atoms. The van der Waals surface area contributed by atoms with Crippen LogP contribution in [-0.2, 0) is 16.0 Å². The van der Waals surface area contributed by atoms with E-state index in [1.807, 2.05) is 77.1 Å². The van der Waals surface area contributed by atoms with Crippen LogP contribution in [0, 0.1) is 6.92 Å². The monoisotopic (exact) mass is 441 g/mol. The van der Waals surface area contributed by atoms with Gasteiger partial charge in [-0.05, 0) is 57.0 Å². The van der Waals surface area contributed by atoms with Gasteiger partial charge < -0.3 is 25.4 Å². The minimum absolute atomic E-state index is 0.0416. The quantitative estimate of drug-likeness (QED) is 0.566. The number of aryl methyl sites for hydroxylation is 2. The molecule has 2 aromatic carbocycles. The predicted octanol–water partition coefficient (Wildman–Crippen LogP) is 5.30. The maximum Gasteiger partial charge on any atom is 0.323 e. The topological polar surface area (TPSA) is 90.9 Å². The summed E-state index contributed by atoms with van der Waals surface area (Å²) in [7, 11) is 0. The van der Waals surface area contributed by atoms with Crippen LogP contribution >= 0.6 is 0 Å². The number of urea groups is 1. The zero-order valence-corrected chi connectivity index (χ0v) is 19.6. The first-order valence-corrected chi connectivity index (χ1v) is 11.2. The van der Waals surface area contributed by atoms with E-state index in [-0.39, 0.29) is 24.7 Å². The van der Waals surface area contributed by atoms with Gasteiger partial charge in [-0.15, -0.1) is 0 Å². The molecular formula is C25H35N3O4. The Labute approximate surface area is 190 Å². The van der Waals surface area contributed by atoms with E-state index in [4.69, 9.17) is 9.84 Å². The number of hydrogen-bond donors (Lipinski definition) is 3. The van der Waals surface area contributed by atoms with Gasteiger partial charge in [0, 0.05) is 25.2 Å². The molecule has 1 aliphatic heterocycles. The minimum Gasteiger partial charge on any atom is -0.481 e. The van der Waals surface area contributed by atoms with Crippen LogP contribution in [0.5, 0.6) is 0 Å². The Bertz CT molecular complexity index is 889. The number of ether oxygens (including phenoxy) is 1. The highest BCUT2D eigenvalue weighted by Crippen LogP contribution is 2.30. The number of carbonyl (C=O) groups excluding carboxylic acids is 1. The zero-order valence-electron chi connectivity index (χ0n) is 19.6. The molecule has 7 nitrogen and oxygen atoms in total. The van der Waals surface area contributed by atoms with E-state index < -0.39 is 5.97 Å². The Morgan fingerprint density at radius 1 is 1.03 bits per heavy atom. The van der Waals surface area contributed by atoms with Crippen molar-refractivity contribution in [3.8, 4) is 0 Å². The zero-order chi connectivity index (χ0) is 23.7. The summed E-state index contributed by atoms with van der Waals surface area (Å²) in [4.78, 5) is 25.8. The second kappa shape index (κ2) is 12.1. The van der Waals surface area contributed by atoms with Gasteiger partial charge in [-0.25, -0.2) is 4.79 Å². The van der Waals surface area contributed by atoms with Gasteiger partial charge in [0.2, 0.25) is 0 Å². The van der Waals surface area contributed by atoms with Crippen molar-refractivity contribution in [2.24, 2.45) is 0 Å². The smallest absolute Gasteiger partial charge is 0.323 e. The maximum atomic E-state index is 12.6. The number of amides is 2. The third-order valence-electron chi connectivity index (χ3n) is 5.01. The molecule has 1 fully saturated rings. The molecule has 2 atom stereocenters. The maximum absolute atomic E-state index is 12.6. The molecule has 3 rings (SSSR count). The number of carbonyl (C=O) groups is 2. The highest BCUT2D eigenvalue weighted by molar-refractivity contribution is 6.02. The molecule has 2 unspecified atom stereocenters. The van der Waals surface area contributed by atoms with Gasteiger partial charge in [0.15, 0.2) is 0 Å². The van der Waals surface area contributed by atoms with Gasteiger partial charge in [-0.1, -0.05) is 37.6 Å². The number of carboxylic acids is 1. The number of nitrogens with zero attached hydrogens (tertiary/aromatic N) is 1. The number of hydrogen-bond acceptors (Lipinski definition) is 4. The van der Waals surface area contributed by atoms with Crippen LogP contribution in [0.15, 0.2) is 42.5 Å². The highest BCUT2D eigenvalue weighted by atomic mass is 16.5. The van der Waals surface area contributed by atoms with Gasteiger partial charge >= 0.3 is 12.0 Å². The average molecular weight is 442 g/mol. The third-order valence-corrected chi connectivity index (χ3v) is 5.01. The molecule has 0 bridgehead atoms. The van der Waals surface area contributed by atoms with Gasteiger partial charge in [0.25, 0.3) is 0 Å². The number of benzene rings is 2. The predicted molar refractivity (Wildman–Crippen MR) is 130 cm³/mol. The van der Waals surface area contributed by atoms with Crippen molar-refractivity contribution in [1.29, 1.82) is 0 Å². The second-order valence-corrected chi connectivity index (χ2v) is 7.85. The largest absolute Gasteiger partial charge is 0.481 e. The standard InChI is InChI=1S/C23H29N3O4.C2H6/c1-15-4-8-19(9-5-15)24-23(29)25-20-12-18(7-11-22(27)28)6-10-21(20)26-13-16(2)30-17(3)14-26;1-2/h4-6,8-10,12,16-17H,7,11,13-14H2,1-3H3,(H,27,28)(H2,24,25,29);1-2H3. The van der Waals surface area contributed by atoms with Crippen LogP contribution in [-0.4, -0.2) is 42.4 Å². The number of rotatable bonds is 6. The van der Waals surface area contributed by atoms with Gasteiger partial charge in [0.05, 0.1) is 23.6 Å². The summed E-state index contributed by atoms with van der Waals surface area (Å²) in [5.74, 6) is -0.846. The molecule has 1 saturated heterocycles. The van der Waals surface area contributed by atoms with E-state index in [1.165, 1.54) is 0 Å². The van der Waals surface area contributed by atoms with E-state index in [2.05, 4.69) is 15.5 Å². The Morgan fingerprint density at radius 2 is 1.66 bits per heavy atom. The van der Waals surface area contributed by atoms with Gasteiger partial charge in [-0.2, -0.15) is 0 Å². The molecule has 0 aliphatic carbocycles. The Balaban J connectivity index is 0.00000176. The van der Waals surface area contributed by atoms with Crippen LogP contribution in [0.25, 0.3) is 0 Å². The fourth-order valence-corrected chi connectivity index (χ4v) is 3.66. The highest BCUT2D eigenvalue weighted by Gasteiger charge is 2.24. The molecule has 1 heterocycles. The summed E-state index contributed by atoms with van der Waals surface area (Å²) in [6.07, 6.45) is 0.601. The molecule has 1 aliphatic rings. The van der Waals surface area contributed by atoms with Crippen molar-refractivity contribution < 1.29 is 19.4 Å². The Hall–Kier alpha value is -3.06. The normalized spacial score (nSPS) is 17.7. The van der Waals surface area contributed by atoms with Gasteiger partial charge in [0.1, 0.15) is 0 Å². The molecule has 0 spiro atoms. The number of nitrogens with one attached hydrogen (secondary N) is 2. The van der Waals surface area contributed by atoms with E-state index in [0.29, 0.717) is 30.9 Å². The molecule has 3 N–H and O–H groups in total. The van der Waals surface area contributed by atoms with E-state index in [1.54, 1.807) is 0 Å². The first-order chi connectivity index (χ1) is 15.3. The number of morpholine rings is 1. The summed E-state index contributed by atoms with van der Waals surface area (Å²) >= 11 is 0. The lowest BCUT2D eigenvalue weighted by atomic mass is 10.1. The first kappa shape index (κ1) is 25.2. The Kier molecular flexibility index (Phi) is 9.53. The third kappa shape index (κ3) is 7.57. The summed E-state index contributed by atoms with van der Waals surface area (Å²) in [5.41, 5.74) is 4.24. The van der Waals surface area contributed by atoms with Crippen LogP contribution in [0.4, 0.5) is 21.9 Å². The molecule has 7 heteroatoms. The van der Waals surface area contributed by atoms with Gasteiger partial charge in [-0.3, -0.25) is 4.79 Å². The van der Waals surface area contributed by atoms with Crippen LogP contribution in [0.2, 0.25) is 0 Å². The van der Waals surface area contributed by atoms with Crippen molar-refractivity contribution >= 4 is 29.1 Å². The molecule has 2 aromatic rings. The molecule has 0 radical (unpaired) electrons.